The first-order valence-corrected chi connectivity index (χ1v) is 6.21. The van der Waals surface area contributed by atoms with Crippen molar-refractivity contribution in [3.05, 3.63) is 22.7 Å². The third kappa shape index (κ3) is 3.06. The summed E-state index contributed by atoms with van der Waals surface area (Å²) in [4.78, 5) is 20.3. The zero-order valence-corrected chi connectivity index (χ0v) is 10.4. The number of nitrogens with one attached hydrogen (secondary N) is 2. The summed E-state index contributed by atoms with van der Waals surface area (Å²) in [5.74, 6) is 0.793. The number of H-pyrrole nitrogens is 1. The van der Waals surface area contributed by atoms with Gasteiger partial charge in [-0.05, 0) is 12.8 Å². The topological polar surface area (TPSA) is 61.0 Å². The monoisotopic (exact) mass is 236 g/mol. The van der Waals surface area contributed by atoms with Crippen molar-refractivity contribution in [1.82, 2.24) is 15.3 Å². The quantitative estimate of drug-likeness (QED) is 0.809. The molecule has 0 bridgehead atoms. The van der Waals surface area contributed by atoms with Gasteiger partial charge < -0.3 is 15.2 Å². The van der Waals surface area contributed by atoms with Gasteiger partial charge in [0.2, 0.25) is 0 Å². The van der Waals surface area contributed by atoms with E-state index in [1.54, 1.807) is 6.07 Å². The molecule has 94 valence electrons. The zero-order chi connectivity index (χ0) is 12.3. The Labute approximate surface area is 101 Å². The molecule has 17 heavy (non-hydrogen) atoms. The van der Waals surface area contributed by atoms with E-state index in [0.717, 1.165) is 25.3 Å². The molecule has 2 N–H and O–H groups in total. The molecule has 1 aromatic rings. The Bertz CT molecular complexity index is 415. The number of hydrogen-bond donors (Lipinski definition) is 2. The van der Waals surface area contributed by atoms with Gasteiger partial charge in [0, 0.05) is 31.2 Å². The van der Waals surface area contributed by atoms with E-state index < -0.39 is 0 Å². The van der Waals surface area contributed by atoms with E-state index in [0.29, 0.717) is 12.1 Å². The van der Waals surface area contributed by atoms with Crippen molar-refractivity contribution in [3.8, 4) is 0 Å². The summed E-state index contributed by atoms with van der Waals surface area (Å²) in [6, 6.07) is 2.52. The van der Waals surface area contributed by atoms with Crippen LogP contribution in [0.15, 0.2) is 17.2 Å². The van der Waals surface area contributed by atoms with Crippen LogP contribution in [0.2, 0.25) is 0 Å². The van der Waals surface area contributed by atoms with Crippen LogP contribution in [0.3, 0.4) is 0 Å². The Hall–Kier alpha value is -1.36. The van der Waals surface area contributed by atoms with Crippen LogP contribution in [0.5, 0.6) is 0 Å². The molecular weight excluding hydrogens is 216 g/mol. The third-order valence-corrected chi connectivity index (χ3v) is 3.10. The van der Waals surface area contributed by atoms with Crippen LogP contribution < -0.4 is 15.8 Å². The van der Waals surface area contributed by atoms with Crippen LogP contribution in [-0.2, 0) is 0 Å². The van der Waals surface area contributed by atoms with Crippen LogP contribution in [-0.4, -0.2) is 35.1 Å². The number of anilines is 1. The molecule has 1 aliphatic rings. The van der Waals surface area contributed by atoms with Crippen molar-refractivity contribution >= 4 is 5.82 Å². The number of aromatic nitrogens is 2. The molecule has 0 radical (unpaired) electrons. The molecule has 1 fully saturated rings. The Balaban J connectivity index is 2.06. The normalized spacial score (nSPS) is 20.2. The van der Waals surface area contributed by atoms with Gasteiger partial charge in [-0.3, -0.25) is 4.79 Å². The minimum absolute atomic E-state index is 0.0857. The highest BCUT2D eigenvalue weighted by Gasteiger charge is 2.25. The van der Waals surface area contributed by atoms with Crippen LogP contribution in [0, 0.1) is 0 Å². The fraction of sp³-hybridized carbons (Fsp3) is 0.667. The van der Waals surface area contributed by atoms with E-state index in [-0.39, 0.29) is 5.56 Å². The van der Waals surface area contributed by atoms with Gasteiger partial charge in [-0.25, -0.2) is 4.98 Å². The summed E-state index contributed by atoms with van der Waals surface area (Å²) in [5, 5.41) is 3.45. The highest BCUT2D eigenvalue weighted by Crippen LogP contribution is 2.21. The number of aromatic amines is 1. The molecule has 5 heteroatoms. The molecule has 1 aromatic heterocycles. The standard InChI is InChI=1S/C12H20N4O/c1-9(2)13-7-10-4-3-5-16(10)11-6-12(17)15-8-14-11/h6,8-10,13H,3-5,7H2,1-2H3,(H,14,15,17). The van der Waals surface area contributed by atoms with E-state index >= 15 is 0 Å². The molecule has 0 amide bonds. The van der Waals surface area contributed by atoms with E-state index in [9.17, 15) is 4.79 Å². The first-order chi connectivity index (χ1) is 8.16. The fourth-order valence-corrected chi connectivity index (χ4v) is 2.24. The Morgan fingerprint density at radius 1 is 1.65 bits per heavy atom. The summed E-state index contributed by atoms with van der Waals surface area (Å²) >= 11 is 0. The zero-order valence-electron chi connectivity index (χ0n) is 10.4. The van der Waals surface area contributed by atoms with Crippen LogP contribution >= 0.6 is 0 Å². The molecule has 2 rings (SSSR count). The van der Waals surface area contributed by atoms with Gasteiger partial charge in [0.25, 0.3) is 5.56 Å². The number of rotatable bonds is 4. The van der Waals surface area contributed by atoms with E-state index in [1.807, 2.05) is 0 Å². The van der Waals surface area contributed by atoms with E-state index in [1.165, 1.54) is 12.7 Å². The molecular formula is C12H20N4O. The van der Waals surface area contributed by atoms with E-state index in [2.05, 4.69) is 34.0 Å². The molecule has 1 unspecified atom stereocenters. The first-order valence-electron chi connectivity index (χ1n) is 6.21. The van der Waals surface area contributed by atoms with Crippen LogP contribution in [0.4, 0.5) is 5.82 Å². The maximum atomic E-state index is 11.3. The van der Waals surface area contributed by atoms with Crippen molar-refractivity contribution in [2.24, 2.45) is 0 Å². The van der Waals surface area contributed by atoms with Crippen LogP contribution in [0.25, 0.3) is 0 Å². The summed E-state index contributed by atoms with van der Waals surface area (Å²) in [5.41, 5.74) is -0.0857. The summed E-state index contributed by atoms with van der Waals surface area (Å²) < 4.78 is 0. The lowest BCUT2D eigenvalue weighted by Gasteiger charge is -2.26. The van der Waals surface area contributed by atoms with Crippen molar-refractivity contribution in [2.75, 3.05) is 18.0 Å². The van der Waals surface area contributed by atoms with Gasteiger partial charge in [0.05, 0.1) is 6.33 Å². The van der Waals surface area contributed by atoms with Gasteiger partial charge in [-0.1, -0.05) is 13.8 Å². The lowest BCUT2D eigenvalue weighted by Crippen LogP contribution is -2.41. The molecule has 0 saturated carbocycles. The molecule has 2 heterocycles. The van der Waals surface area contributed by atoms with Gasteiger partial charge >= 0.3 is 0 Å². The second kappa shape index (κ2) is 5.31. The summed E-state index contributed by atoms with van der Waals surface area (Å²) in [7, 11) is 0. The minimum Gasteiger partial charge on any atom is -0.352 e. The molecule has 1 atom stereocenters. The average molecular weight is 236 g/mol. The smallest absolute Gasteiger partial charge is 0.252 e. The van der Waals surface area contributed by atoms with Crippen molar-refractivity contribution in [2.45, 2.75) is 38.8 Å². The van der Waals surface area contributed by atoms with Crippen molar-refractivity contribution in [3.63, 3.8) is 0 Å². The second-order valence-electron chi connectivity index (χ2n) is 4.82. The number of hydrogen-bond acceptors (Lipinski definition) is 4. The van der Waals surface area contributed by atoms with Gasteiger partial charge in [-0.2, -0.15) is 0 Å². The SMILES string of the molecule is CC(C)NCC1CCCN1c1cc(=O)[nH]cn1. The average Bonchev–Trinajstić information content (AvgIpc) is 2.74. The molecule has 0 aliphatic carbocycles. The lowest BCUT2D eigenvalue weighted by molar-refractivity contribution is 0.522. The highest BCUT2D eigenvalue weighted by molar-refractivity contribution is 5.39. The molecule has 1 saturated heterocycles. The molecule has 1 aliphatic heterocycles. The molecule has 0 spiro atoms. The van der Waals surface area contributed by atoms with Gasteiger partial charge in [0.1, 0.15) is 5.82 Å². The molecule has 0 aromatic carbocycles. The predicted octanol–water partition coefficient (Wildman–Crippen LogP) is 0.737. The van der Waals surface area contributed by atoms with Gasteiger partial charge in [0.15, 0.2) is 0 Å². The Kier molecular flexibility index (Phi) is 3.78. The fourth-order valence-electron chi connectivity index (χ4n) is 2.24. The first kappa shape index (κ1) is 12.1. The van der Waals surface area contributed by atoms with Crippen LogP contribution in [0.1, 0.15) is 26.7 Å². The maximum absolute atomic E-state index is 11.3. The number of nitrogens with zero attached hydrogens (tertiary/aromatic N) is 2. The predicted molar refractivity (Wildman–Crippen MR) is 68.4 cm³/mol. The Morgan fingerprint density at radius 3 is 3.18 bits per heavy atom. The van der Waals surface area contributed by atoms with Crippen molar-refractivity contribution in [1.29, 1.82) is 0 Å². The Morgan fingerprint density at radius 2 is 2.47 bits per heavy atom. The third-order valence-electron chi connectivity index (χ3n) is 3.10. The second-order valence-corrected chi connectivity index (χ2v) is 4.82. The van der Waals surface area contributed by atoms with E-state index in [4.69, 9.17) is 0 Å². The lowest BCUT2D eigenvalue weighted by atomic mass is 10.2. The highest BCUT2D eigenvalue weighted by atomic mass is 16.1. The maximum Gasteiger partial charge on any atom is 0.252 e. The minimum atomic E-state index is -0.0857. The molecule has 5 nitrogen and oxygen atoms in total. The van der Waals surface area contributed by atoms with Crippen molar-refractivity contribution < 1.29 is 0 Å². The van der Waals surface area contributed by atoms with Gasteiger partial charge in [-0.15, -0.1) is 0 Å². The summed E-state index contributed by atoms with van der Waals surface area (Å²) in [6.45, 7) is 6.22. The summed E-state index contributed by atoms with van der Waals surface area (Å²) in [6.07, 6.45) is 3.80. The largest absolute Gasteiger partial charge is 0.352 e.